The standard InChI is InChI=1S/C16H11ClN4O2/c17-9-1-3-11-12(5-9)18-8-19-16(11)20-10-2-4-14-13(6-10)21-15(22)7-23-14/h1-6,8H,7H2,(H,21,22)(H,18,19,20). The lowest BCUT2D eigenvalue weighted by Crippen LogP contribution is -2.25. The molecule has 4 rings (SSSR count). The van der Waals surface area contributed by atoms with E-state index in [9.17, 15) is 4.79 Å². The molecule has 2 N–H and O–H groups in total. The average molecular weight is 327 g/mol. The van der Waals surface area contributed by atoms with Crippen LogP contribution in [0.4, 0.5) is 17.2 Å². The molecule has 0 bridgehead atoms. The maximum atomic E-state index is 11.4. The number of benzene rings is 2. The van der Waals surface area contributed by atoms with Gasteiger partial charge in [-0.1, -0.05) is 11.6 Å². The molecule has 0 fully saturated rings. The van der Waals surface area contributed by atoms with Gasteiger partial charge in [-0.25, -0.2) is 9.97 Å². The van der Waals surface area contributed by atoms with Gasteiger partial charge in [0.1, 0.15) is 17.9 Å². The molecule has 2 aromatic carbocycles. The van der Waals surface area contributed by atoms with Crippen molar-refractivity contribution in [2.75, 3.05) is 17.2 Å². The van der Waals surface area contributed by atoms with E-state index in [4.69, 9.17) is 16.3 Å². The summed E-state index contributed by atoms with van der Waals surface area (Å²) in [6.45, 7) is 0.0388. The zero-order valence-corrected chi connectivity index (χ0v) is 12.6. The Morgan fingerprint density at radius 3 is 3.00 bits per heavy atom. The topological polar surface area (TPSA) is 76.1 Å². The molecule has 0 radical (unpaired) electrons. The van der Waals surface area contributed by atoms with E-state index in [0.717, 1.165) is 16.6 Å². The second kappa shape index (κ2) is 5.40. The van der Waals surface area contributed by atoms with Gasteiger partial charge in [-0.2, -0.15) is 0 Å². The van der Waals surface area contributed by atoms with E-state index in [1.54, 1.807) is 24.3 Å². The summed E-state index contributed by atoms with van der Waals surface area (Å²) in [6, 6.07) is 10.9. The number of anilines is 3. The summed E-state index contributed by atoms with van der Waals surface area (Å²) in [6.07, 6.45) is 1.48. The summed E-state index contributed by atoms with van der Waals surface area (Å²) in [5, 5.41) is 7.48. The average Bonchev–Trinajstić information content (AvgIpc) is 2.54. The molecule has 114 valence electrons. The summed E-state index contributed by atoms with van der Waals surface area (Å²) in [5.41, 5.74) is 2.17. The highest BCUT2D eigenvalue weighted by molar-refractivity contribution is 6.31. The summed E-state index contributed by atoms with van der Waals surface area (Å²) >= 11 is 5.99. The highest BCUT2D eigenvalue weighted by Gasteiger charge is 2.16. The minimum Gasteiger partial charge on any atom is -0.482 e. The van der Waals surface area contributed by atoms with Crippen LogP contribution in [0.2, 0.25) is 5.02 Å². The number of rotatable bonds is 2. The van der Waals surface area contributed by atoms with Crippen molar-refractivity contribution in [2.24, 2.45) is 0 Å². The fourth-order valence-electron chi connectivity index (χ4n) is 2.43. The summed E-state index contributed by atoms with van der Waals surface area (Å²) in [5.74, 6) is 1.14. The van der Waals surface area contributed by atoms with E-state index in [-0.39, 0.29) is 12.5 Å². The molecule has 1 amide bonds. The first-order valence-electron chi connectivity index (χ1n) is 6.93. The molecule has 0 spiro atoms. The molecule has 0 aliphatic carbocycles. The Bertz CT molecular complexity index is 929. The quantitative estimate of drug-likeness (QED) is 0.755. The molecule has 0 unspecified atom stereocenters. The minimum atomic E-state index is -0.170. The van der Waals surface area contributed by atoms with E-state index in [1.807, 2.05) is 12.1 Å². The Hall–Kier alpha value is -2.86. The molecule has 0 atom stereocenters. The Kier molecular flexibility index (Phi) is 3.24. The van der Waals surface area contributed by atoms with Crippen molar-refractivity contribution in [2.45, 2.75) is 0 Å². The molecule has 1 aliphatic heterocycles. The van der Waals surface area contributed by atoms with Gasteiger partial charge in [-0.05, 0) is 36.4 Å². The van der Waals surface area contributed by atoms with Crippen molar-refractivity contribution in [1.82, 2.24) is 9.97 Å². The Labute approximate surface area is 136 Å². The highest BCUT2D eigenvalue weighted by Crippen LogP contribution is 2.32. The van der Waals surface area contributed by atoms with Crippen molar-refractivity contribution in [1.29, 1.82) is 0 Å². The van der Waals surface area contributed by atoms with Crippen molar-refractivity contribution in [3.63, 3.8) is 0 Å². The molecular weight excluding hydrogens is 316 g/mol. The number of halogens is 1. The molecule has 3 aromatic rings. The van der Waals surface area contributed by atoms with E-state index in [2.05, 4.69) is 20.6 Å². The van der Waals surface area contributed by atoms with Crippen molar-refractivity contribution in [3.05, 3.63) is 47.7 Å². The fraction of sp³-hybridized carbons (Fsp3) is 0.0625. The van der Waals surface area contributed by atoms with Gasteiger partial charge in [-0.3, -0.25) is 4.79 Å². The highest BCUT2D eigenvalue weighted by atomic mass is 35.5. The largest absolute Gasteiger partial charge is 0.482 e. The third-order valence-corrected chi connectivity index (χ3v) is 3.71. The number of amides is 1. The van der Waals surface area contributed by atoms with Crippen LogP contribution in [0.25, 0.3) is 10.9 Å². The molecule has 23 heavy (non-hydrogen) atoms. The fourth-order valence-corrected chi connectivity index (χ4v) is 2.59. The van der Waals surface area contributed by atoms with Crippen LogP contribution in [0.1, 0.15) is 0 Å². The molecule has 1 aromatic heterocycles. The van der Waals surface area contributed by atoms with Crippen molar-refractivity contribution in [3.8, 4) is 5.75 Å². The number of carbonyl (C=O) groups is 1. The lowest BCUT2D eigenvalue weighted by atomic mass is 10.2. The first-order chi connectivity index (χ1) is 11.2. The number of hydrogen-bond donors (Lipinski definition) is 2. The Morgan fingerprint density at radius 1 is 1.17 bits per heavy atom. The number of carbonyl (C=O) groups excluding carboxylic acids is 1. The third kappa shape index (κ3) is 2.64. The van der Waals surface area contributed by atoms with Crippen molar-refractivity contribution < 1.29 is 9.53 Å². The smallest absolute Gasteiger partial charge is 0.262 e. The maximum absolute atomic E-state index is 11.4. The van der Waals surface area contributed by atoms with Crippen LogP contribution in [0.15, 0.2) is 42.7 Å². The number of ether oxygens (including phenoxy) is 1. The Balaban J connectivity index is 1.71. The van der Waals surface area contributed by atoms with E-state index in [0.29, 0.717) is 22.3 Å². The lowest BCUT2D eigenvalue weighted by molar-refractivity contribution is -0.118. The summed E-state index contributed by atoms with van der Waals surface area (Å²) in [7, 11) is 0. The SMILES string of the molecule is O=C1COc2ccc(Nc3ncnc4cc(Cl)ccc34)cc2N1. The third-order valence-electron chi connectivity index (χ3n) is 3.47. The molecule has 0 saturated heterocycles. The number of nitrogens with zero attached hydrogens (tertiary/aromatic N) is 2. The first kappa shape index (κ1) is 13.8. The number of nitrogens with one attached hydrogen (secondary N) is 2. The van der Waals surface area contributed by atoms with Crippen LogP contribution in [0.3, 0.4) is 0 Å². The van der Waals surface area contributed by atoms with Gasteiger partial charge in [0, 0.05) is 16.1 Å². The molecular formula is C16H11ClN4O2. The molecule has 7 heteroatoms. The van der Waals surface area contributed by atoms with Crippen LogP contribution >= 0.6 is 11.6 Å². The van der Waals surface area contributed by atoms with Crippen LogP contribution in [-0.4, -0.2) is 22.5 Å². The van der Waals surface area contributed by atoms with E-state index in [1.165, 1.54) is 6.33 Å². The monoisotopic (exact) mass is 326 g/mol. The van der Waals surface area contributed by atoms with Gasteiger partial charge in [0.15, 0.2) is 6.61 Å². The van der Waals surface area contributed by atoms with Gasteiger partial charge in [-0.15, -0.1) is 0 Å². The van der Waals surface area contributed by atoms with Gasteiger partial charge >= 0.3 is 0 Å². The normalized spacial score (nSPS) is 13.2. The Morgan fingerprint density at radius 2 is 2.09 bits per heavy atom. The van der Waals surface area contributed by atoms with Crippen LogP contribution in [0, 0.1) is 0 Å². The predicted molar refractivity (Wildman–Crippen MR) is 88.4 cm³/mol. The van der Waals surface area contributed by atoms with Gasteiger partial charge in [0.05, 0.1) is 11.2 Å². The molecule has 2 heterocycles. The molecule has 6 nitrogen and oxygen atoms in total. The van der Waals surface area contributed by atoms with Crippen LogP contribution in [0.5, 0.6) is 5.75 Å². The second-order valence-electron chi connectivity index (χ2n) is 5.06. The van der Waals surface area contributed by atoms with Gasteiger partial charge < -0.3 is 15.4 Å². The lowest BCUT2D eigenvalue weighted by Gasteiger charge is -2.19. The van der Waals surface area contributed by atoms with Gasteiger partial charge in [0.25, 0.3) is 5.91 Å². The van der Waals surface area contributed by atoms with Gasteiger partial charge in [0.2, 0.25) is 0 Å². The zero-order valence-electron chi connectivity index (χ0n) is 11.8. The maximum Gasteiger partial charge on any atom is 0.262 e. The predicted octanol–water partition coefficient (Wildman–Crippen LogP) is 3.36. The number of fused-ring (bicyclic) bond motifs is 2. The summed E-state index contributed by atoms with van der Waals surface area (Å²) < 4.78 is 5.34. The number of hydrogen-bond acceptors (Lipinski definition) is 5. The van der Waals surface area contributed by atoms with Crippen LogP contribution < -0.4 is 15.4 Å². The molecule has 0 saturated carbocycles. The molecule has 1 aliphatic rings. The van der Waals surface area contributed by atoms with E-state index >= 15 is 0 Å². The minimum absolute atomic E-state index is 0.0388. The van der Waals surface area contributed by atoms with E-state index < -0.39 is 0 Å². The second-order valence-corrected chi connectivity index (χ2v) is 5.49. The first-order valence-corrected chi connectivity index (χ1v) is 7.31. The van der Waals surface area contributed by atoms with Crippen LogP contribution in [-0.2, 0) is 4.79 Å². The summed E-state index contributed by atoms with van der Waals surface area (Å²) in [4.78, 5) is 19.9. The zero-order chi connectivity index (χ0) is 15.8. The van der Waals surface area contributed by atoms with Crippen molar-refractivity contribution >= 4 is 45.6 Å². The number of aromatic nitrogens is 2.